The summed E-state index contributed by atoms with van der Waals surface area (Å²) in [6.07, 6.45) is 4.32. The average molecular weight is 337 g/mol. The number of pyridine rings is 1. The van der Waals surface area contributed by atoms with Gasteiger partial charge in [-0.1, -0.05) is 31.0 Å². The van der Waals surface area contributed by atoms with E-state index in [4.69, 9.17) is 0 Å². The molecule has 0 unspecified atom stereocenters. The molecule has 25 heavy (non-hydrogen) atoms. The number of anilines is 1. The molecule has 5 nitrogen and oxygen atoms in total. The van der Waals surface area contributed by atoms with Crippen molar-refractivity contribution in [3.05, 3.63) is 58.9 Å². The fraction of sp³-hybridized carbons (Fsp3) is 0.350. The molecule has 5 heteroatoms. The second-order valence-electron chi connectivity index (χ2n) is 6.64. The number of nitrogens with one attached hydrogen (secondary N) is 2. The fourth-order valence-corrected chi connectivity index (χ4v) is 3.07. The van der Waals surface area contributed by atoms with Crippen molar-refractivity contribution in [1.29, 1.82) is 0 Å². The minimum atomic E-state index is -0.316. The van der Waals surface area contributed by atoms with E-state index in [1.54, 1.807) is 18.2 Å². The second-order valence-corrected chi connectivity index (χ2v) is 6.64. The van der Waals surface area contributed by atoms with Crippen molar-refractivity contribution >= 4 is 17.5 Å². The molecule has 0 spiro atoms. The third kappa shape index (κ3) is 4.24. The van der Waals surface area contributed by atoms with Crippen LogP contribution in [0, 0.1) is 13.8 Å². The van der Waals surface area contributed by atoms with E-state index >= 15 is 0 Å². The number of hydrogen-bond donors (Lipinski definition) is 2. The third-order valence-electron chi connectivity index (χ3n) is 4.55. The van der Waals surface area contributed by atoms with Gasteiger partial charge in [-0.2, -0.15) is 0 Å². The van der Waals surface area contributed by atoms with Crippen molar-refractivity contribution < 1.29 is 9.59 Å². The van der Waals surface area contributed by atoms with Gasteiger partial charge in [0.1, 0.15) is 11.4 Å². The predicted octanol–water partition coefficient (Wildman–Crippen LogP) is 3.62. The Morgan fingerprint density at radius 3 is 2.40 bits per heavy atom. The highest BCUT2D eigenvalue weighted by atomic mass is 16.2. The maximum Gasteiger partial charge on any atom is 0.274 e. The summed E-state index contributed by atoms with van der Waals surface area (Å²) < 4.78 is 0. The average Bonchev–Trinajstić information content (AvgIpc) is 3.11. The lowest BCUT2D eigenvalue weighted by atomic mass is 10.1. The van der Waals surface area contributed by atoms with E-state index in [1.165, 1.54) is 0 Å². The molecule has 0 saturated heterocycles. The molecule has 1 fully saturated rings. The normalized spacial score (nSPS) is 14.3. The minimum absolute atomic E-state index is 0.215. The van der Waals surface area contributed by atoms with Crippen molar-refractivity contribution in [2.24, 2.45) is 0 Å². The van der Waals surface area contributed by atoms with Gasteiger partial charge in [0, 0.05) is 11.7 Å². The highest BCUT2D eigenvalue weighted by Gasteiger charge is 2.19. The monoisotopic (exact) mass is 337 g/mol. The molecule has 0 bridgehead atoms. The SMILES string of the molecule is Cc1ccc(C)c(NC(=O)c2cccc(C(=O)NC3CCCC3)n2)c1. The van der Waals surface area contributed by atoms with E-state index < -0.39 is 0 Å². The lowest BCUT2D eigenvalue weighted by Crippen LogP contribution is -2.33. The minimum Gasteiger partial charge on any atom is -0.348 e. The molecular weight excluding hydrogens is 314 g/mol. The van der Waals surface area contributed by atoms with E-state index in [1.807, 2.05) is 32.0 Å². The molecule has 1 aromatic heterocycles. The zero-order valence-corrected chi connectivity index (χ0v) is 14.6. The van der Waals surface area contributed by atoms with Crippen molar-refractivity contribution in [3.63, 3.8) is 0 Å². The Hall–Kier alpha value is -2.69. The van der Waals surface area contributed by atoms with E-state index in [9.17, 15) is 9.59 Å². The van der Waals surface area contributed by atoms with Gasteiger partial charge in [-0.25, -0.2) is 4.98 Å². The number of benzene rings is 1. The lowest BCUT2D eigenvalue weighted by molar-refractivity contribution is 0.0932. The third-order valence-corrected chi connectivity index (χ3v) is 4.55. The molecule has 1 aliphatic carbocycles. The lowest BCUT2D eigenvalue weighted by Gasteiger charge is -2.12. The fourth-order valence-electron chi connectivity index (χ4n) is 3.07. The zero-order chi connectivity index (χ0) is 17.8. The summed E-state index contributed by atoms with van der Waals surface area (Å²) in [5.41, 5.74) is 3.32. The Labute approximate surface area is 147 Å². The topological polar surface area (TPSA) is 71.1 Å². The number of amides is 2. The van der Waals surface area contributed by atoms with Gasteiger partial charge >= 0.3 is 0 Å². The van der Waals surface area contributed by atoms with Crippen LogP contribution in [0.4, 0.5) is 5.69 Å². The first kappa shape index (κ1) is 17.1. The molecule has 0 aliphatic heterocycles. The molecule has 1 aromatic carbocycles. The maximum atomic E-state index is 12.5. The molecule has 130 valence electrons. The van der Waals surface area contributed by atoms with Gasteiger partial charge in [0.2, 0.25) is 0 Å². The molecule has 0 atom stereocenters. The van der Waals surface area contributed by atoms with Gasteiger partial charge in [-0.05, 0) is 56.0 Å². The summed E-state index contributed by atoms with van der Waals surface area (Å²) in [6, 6.07) is 11.0. The van der Waals surface area contributed by atoms with Crippen LogP contribution in [0.5, 0.6) is 0 Å². The van der Waals surface area contributed by atoms with Crippen molar-refractivity contribution in [2.75, 3.05) is 5.32 Å². The Bertz CT molecular complexity index is 795. The summed E-state index contributed by atoms with van der Waals surface area (Å²) in [5.74, 6) is -0.530. The van der Waals surface area contributed by atoms with Crippen LogP contribution >= 0.6 is 0 Å². The Balaban J connectivity index is 1.72. The van der Waals surface area contributed by atoms with Crippen molar-refractivity contribution in [3.8, 4) is 0 Å². The number of aromatic nitrogens is 1. The molecule has 3 rings (SSSR count). The first-order chi connectivity index (χ1) is 12.0. The number of rotatable bonds is 4. The summed E-state index contributed by atoms with van der Waals surface area (Å²) >= 11 is 0. The van der Waals surface area contributed by atoms with Gasteiger partial charge in [0.05, 0.1) is 0 Å². The highest BCUT2D eigenvalue weighted by Crippen LogP contribution is 2.19. The van der Waals surface area contributed by atoms with Gasteiger partial charge in [-0.15, -0.1) is 0 Å². The van der Waals surface area contributed by atoms with Gasteiger partial charge < -0.3 is 10.6 Å². The maximum absolute atomic E-state index is 12.5. The van der Waals surface area contributed by atoms with Crippen LogP contribution < -0.4 is 10.6 Å². The Kier molecular flexibility index (Phi) is 5.12. The molecule has 1 heterocycles. The van der Waals surface area contributed by atoms with Crippen LogP contribution in [0.2, 0.25) is 0 Å². The molecule has 0 radical (unpaired) electrons. The van der Waals surface area contributed by atoms with Crippen molar-refractivity contribution in [1.82, 2.24) is 10.3 Å². The number of aryl methyl sites for hydroxylation is 2. The van der Waals surface area contributed by atoms with Crippen LogP contribution in [0.15, 0.2) is 36.4 Å². The predicted molar refractivity (Wildman–Crippen MR) is 97.8 cm³/mol. The molecular formula is C20H23N3O2. The molecule has 1 aliphatic rings. The van der Waals surface area contributed by atoms with E-state index in [-0.39, 0.29) is 29.2 Å². The Morgan fingerprint density at radius 1 is 1.00 bits per heavy atom. The summed E-state index contributed by atoms with van der Waals surface area (Å²) in [5, 5.41) is 5.87. The highest BCUT2D eigenvalue weighted by molar-refractivity contribution is 6.04. The molecule has 2 aromatic rings. The Morgan fingerprint density at radius 2 is 1.68 bits per heavy atom. The number of carbonyl (C=O) groups is 2. The quantitative estimate of drug-likeness (QED) is 0.895. The second kappa shape index (κ2) is 7.47. The summed E-state index contributed by atoms with van der Waals surface area (Å²) in [6.45, 7) is 3.91. The van der Waals surface area contributed by atoms with Crippen LogP contribution in [0.1, 0.15) is 57.8 Å². The van der Waals surface area contributed by atoms with Gasteiger partial charge in [0.15, 0.2) is 0 Å². The smallest absolute Gasteiger partial charge is 0.274 e. The number of nitrogens with zero attached hydrogens (tertiary/aromatic N) is 1. The van der Waals surface area contributed by atoms with E-state index in [2.05, 4.69) is 15.6 Å². The standard InChI is InChI=1S/C20H23N3O2/c1-13-10-11-14(2)18(12-13)23-20(25)17-9-5-8-16(22-17)19(24)21-15-6-3-4-7-15/h5,8-12,15H,3-4,6-7H2,1-2H3,(H,21,24)(H,23,25). The number of carbonyl (C=O) groups excluding carboxylic acids is 2. The summed E-state index contributed by atoms with van der Waals surface area (Å²) in [4.78, 5) is 29.1. The van der Waals surface area contributed by atoms with Gasteiger partial charge in [0.25, 0.3) is 11.8 Å². The van der Waals surface area contributed by atoms with Crippen LogP contribution in [-0.2, 0) is 0 Å². The largest absolute Gasteiger partial charge is 0.348 e. The molecule has 1 saturated carbocycles. The molecule has 2 amide bonds. The first-order valence-corrected chi connectivity index (χ1v) is 8.69. The zero-order valence-electron chi connectivity index (χ0n) is 14.6. The van der Waals surface area contributed by atoms with Crippen LogP contribution in [-0.4, -0.2) is 22.8 Å². The van der Waals surface area contributed by atoms with E-state index in [0.29, 0.717) is 0 Å². The van der Waals surface area contributed by atoms with Crippen LogP contribution in [0.25, 0.3) is 0 Å². The van der Waals surface area contributed by atoms with Crippen LogP contribution in [0.3, 0.4) is 0 Å². The van der Waals surface area contributed by atoms with Gasteiger partial charge in [-0.3, -0.25) is 9.59 Å². The number of hydrogen-bond acceptors (Lipinski definition) is 3. The van der Waals surface area contributed by atoms with Crippen molar-refractivity contribution in [2.45, 2.75) is 45.6 Å². The van der Waals surface area contributed by atoms with E-state index in [0.717, 1.165) is 42.5 Å². The first-order valence-electron chi connectivity index (χ1n) is 8.69. The summed E-state index contributed by atoms with van der Waals surface area (Å²) in [7, 11) is 0. The molecule has 2 N–H and O–H groups in total.